The highest BCUT2D eigenvalue weighted by Crippen LogP contribution is 2.69. The van der Waals surface area contributed by atoms with E-state index in [0.717, 1.165) is 32.1 Å². The lowest BCUT2D eigenvalue weighted by molar-refractivity contribution is -0.193. The molecule has 0 amide bonds. The molecule has 0 aromatic carbocycles. The van der Waals surface area contributed by atoms with Crippen molar-refractivity contribution in [1.82, 2.24) is 0 Å². The van der Waals surface area contributed by atoms with Crippen LogP contribution in [0.25, 0.3) is 0 Å². The lowest BCUT2D eigenvalue weighted by Crippen LogP contribution is -2.59. The Balaban J connectivity index is 1.38. The molecule has 5 fully saturated rings. The highest BCUT2D eigenvalue weighted by atomic mass is 16.7. The van der Waals surface area contributed by atoms with E-state index < -0.39 is 0 Å². The van der Waals surface area contributed by atoms with Crippen LogP contribution in [-0.2, 0) is 28.5 Å². The molecule has 5 aliphatic rings. The van der Waals surface area contributed by atoms with Crippen LogP contribution in [0.2, 0.25) is 0 Å². The normalized spacial score (nSPS) is 48.4. The van der Waals surface area contributed by atoms with Crippen LogP contribution < -0.4 is 0 Å². The van der Waals surface area contributed by atoms with Gasteiger partial charge in [0.2, 0.25) is 0 Å². The van der Waals surface area contributed by atoms with Gasteiger partial charge in [-0.15, -0.1) is 0 Å². The van der Waals surface area contributed by atoms with Crippen LogP contribution in [0.3, 0.4) is 0 Å². The largest absolute Gasteiger partial charge is 0.469 e. The number of esters is 1. The van der Waals surface area contributed by atoms with Gasteiger partial charge in [0.05, 0.1) is 25.4 Å². The van der Waals surface area contributed by atoms with E-state index in [1.165, 1.54) is 26.4 Å². The van der Waals surface area contributed by atoms with Gasteiger partial charge in [-0.2, -0.15) is 0 Å². The van der Waals surface area contributed by atoms with Crippen molar-refractivity contribution in [2.45, 2.75) is 96.9 Å². The van der Waals surface area contributed by atoms with Gasteiger partial charge in [0.1, 0.15) is 13.6 Å². The lowest BCUT2D eigenvalue weighted by Gasteiger charge is -2.62. The van der Waals surface area contributed by atoms with Gasteiger partial charge < -0.3 is 23.7 Å². The summed E-state index contributed by atoms with van der Waals surface area (Å²) in [6.45, 7) is 8.30. The van der Waals surface area contributed by atoms with Crippen LogP contribution in [0.4, 0.5) is 0 Å². The highest BCUT2D eigenvalue weighted by Gasteiger charge is 2.66. The van der Waals surface area contributed by atoms with Crippen LogP contribution in [0, 0.1) is 46.3 Å². The van der Waals surface area contributed by atoms with Crippen LogP contribution in [0.1, 0.15) is 78.6 Å². The molecule has 4 aliphatic carbocycles. The van der Waals surface area contributed by atoms with Crippen molar-refractivity contribution in [2.24, 2.45) is 46.3 Å². The minimum Gasteiger partial charge on any atom is -0.469 e. The molecule has 34 heavy (non-hydrogen) atoms. The number of carbonyl (C=O) groups excluding carboxylic acids is 1. The first-order valence-corrected chi connectivity index (χ1v) is 13.7. The fraction of sp³-hybridized carbons (Fsp3) is 0.964. The second kappa shape index (κ2) is 9.64. The first-order chi connectivity index (χ1) is 16.3. The highest BCUT2D eigenvalue weighted by molar-refractivity contribution is 5.69. The van der Waals surface area contributed by atoms with Gasteiger partial charge in [-0.3, -0.25) is 4.79 Å². The quantitative estimate of drug-likeness (QED) is 0.371. The zero-order chi connectivity index (χ0) is 24.1. The van der Waals surface area contributed by atoms with E-state index in [1.54, 1.807) is 7.11 Å². The predicted molar refractivity (Wildman–Crippen MR) is 128 cm³/mol. The Bertz CT molecular complexity index is 742. The van der Waals surface area contributed by atoms with Crippen molar-refractivity contribution in [3.8, 4) is 0 Å². The smallest absolute Gasteiger partial charge is 0.305 e. The summed E-state index contributed by atoms with van der Waals surface area (Å²) in [5.74, 6) is 3.49. The number of ether oxygens (including phenoxy) is 5. The summed E-state index contributed by atoms with van der Waals surface area (Å²) < 4.78 is 29.1. The van der Waals surface area contributed by atoms with Gasteiger partial charge >= 0.3 is 5.97 Å². The second-order valence-corrected chi connectivity index (χ2v) is 12.6. The average molecular weight is 479 g/mol. The maximum atomic E-state index is 11.8. The van der Waals surface area contributed by atoms with E-state index in [4.69, 9.17) is 23.7 Å². The van der Waals surface area contributed by atoms with Gasteiger partial charge in [0.25, 0.3) is 0 Å². The molecule has 0 spiro atoms. The van der Waals surface area contributed by atoms with Crippen molar-refractivity contribution < 1.29 is 28.5 Å². The van der Waals surface area contributed by atoms with E-state index in [2.05, 4.69) is 20.8 Å². The number of hydrogen-bond acceptors (Lipinski definition) is 6. The Hall–Kier alpha value is -0.690. The number of fused-ring (bicyclic) bond motifs is 2. The third-order valence-corrected chi connectivity index (χ3v) is 11.4. The van der Waals surface area contributed by atoms with Gasteiger partial charge in [-0.05, 0) is 97.7 Å². The SMILES string of the molecule is COCO[C@@H]1CC[C@]2(C)C3CCC4(C)C([C@H](C)CCC(=O)OC)C[C@@H]5OCO[C@H](C[C@@H]2C1)C3C54. The van der Waals surface area contributed by atoms with Crippen molar-refractivity contribution >= 4 is 5.97 Å². The third kappa shape index (κ3) is 4.05. The molecule has 0 aromatic rings. The van der Waals surface area contributed by atoms with Gasteiger partial charge in [-0.1, -0.05) is 20.8 Å². The zero-order valence-corrected chi connectivity index (χ0v) is 21.9. The fourth-order valence-corrected chi connectivity index (χ4v) is 9.63. The van der Waals surface area contributed by atoms with Gasteiger partial charge in [0.15, 0.2) is 0 Å². The molecule has 1 aliphatic heterocycles. The molecular formula is C28H46O6. The summed E-state index contributed by atoms with van der Waals surface area (Å²) in [6, 6.07) is 0. The molecule has 0 N–H and O–H groups in total. The van der Waals surface area contributed by atoms with Gasteiger partial charge in [-0.25, -0.2) is 0 Å². The molecule has 194 valence electrons. The maximum Gasteiger partial charge on any atom is 0.305 e. The van der Waals surface area contributed by atoms with Crippen molar-refractivity contribution in [1.29, 1.82) is 0 Å². The third-order valence-electron chi connectivity index (χ3n) is 11.4. The minimum atomic E-state index is -0.0889. The molecule has 0 bridgehead atoms. The summed E-state index contributed by atoms with van der Waals surface area (Å²) in [7, 11) is 3.20. The fourth-order valence-electron chi connectivity index (χ4n) is 9.63. The van der Waals surface area contributed by atoms with E-state index in [9.17, 15) is 4.79 Å². The Labute approximate surface area is 205 Å². The standard InChI is InChI=1S/C28H46O6/c1-17(6-7-24(29)31-5)21-14-23-26-25-20(9-11-28(21,26)3)27(2)10-8-19(32-15-30-4)12-18(27)13-22(25)33-16-34-23/h17-23,25-26H,6-16H2,1-5H3/t17-,18+,19-,20?,21?,22-,23+,25?,26?,27+,28?/m1/s1. The molecule has 1 heterocycles. The van der Waals surface area contributed by atoms with E-state index >= 15 is 0 Å². The molecule has 6 nitrogen and oxygen atoms in total. The summed E-state index contributed by atoms with van der Waals surface area (Å²) >= 11 is 0. The van der Waals surface area contributed by atoms with Crippen LogP contribution in [-0.4, -0.2) is 52.1 Å². The van der Waals surface area contributed by atoms with E-state index in [-0.39, 0.29) is 17.5 Å². The molecule has 6 heteroatoms. The second-order valence-electron chi connectivity index (χ2n) is 12.6. The summed E-state index contributed by atoms with van der Waals surface area (Å²) in [4.78, 5) is 11.8. The number of hydrogen-bond donors (Lipinski definition) is 0. The van der Waals surface area contributed by atoms with Gasteiger partial charge in [0, 0.05) is 13.5 Å². The van der Waals surface area contributed by atoms with Crippen molar-refractivity contribution in [2.75, 3.05) is 27.8 Å². The first-order valence-electron chi connectivity index (χ1n) is 13.7. The number of rotatable bonds is 7. The Kier molecular flexibility index (Phi) is 7.09. The molecule has 5 unspecified atom stereocenters. The molecule has 0 radical (unpaired) electrons. The molecule has 1 saturated heterocycles. The minimum absolute atomic E-state index is 0.0889. The number of methoxy groups -OCH3 is 2. The predicted octanol–water partition coefficient (Wildman–Crippen LogP) is 5.19. The average Bonchev–Trinajstić information content (AvgIpc) is 3.00. The van der Waals surface area contributed by atoms with Crippen LogP contribution in [0.15, 0.2) is 0 Å². The Morgan fingerprint density at radius 3 is 2.56 bits per heavy atom. The van der Waals surface area contributed by atoms with Crippen molar-refractivity contribution in [3.63, 3.8) is 0 Å². The monoisotopic (exact) mass is 478 g/mol. The van der Waals surface area contributed by atoms with Crippen LogP contribution in [0.5, 0.6) is 0 Å². The van der Waals surface area contributed by atoms with E-state index in [0.29, 0.717) is 73.1 Å². The van der Waals surface area contributed by atoms with Crippen molar-refractivity contribution in [3.05, 3.63) is 0 Å². The van der Waals surface area contributed by atoms with E-state index in [1.807, 2.05) is 0 Å². The topological polar surface area (TPSA) is 63.2 Å². The summed E-state index contributed by atoms with van der Waals surface area (Å²) in [5, 5.41) is 0. The first kappa shape index (κ1) is 25.0. The zero-order valence-electron chi connectivity index (χ0n) is 21.9. The molecule has 0 aromatic heterocycles. The Morgan fingerprint density at radius 2 is 1.79 bits per heavy atom. The molecule has 11 atom stereocenters. The summed E-state index contributed by atoms with van der Waals surface area (Å²) in [6.07, 6.45) is 10.6. The molecular weight excluding hydrogens is 432 g/mol. The lowest BCUT2D eigenvalue weighted by atomic mass is 9.43. The molecule has 5 rings (SSSR count). The van der Waals surface area contributed by atoms with Crippen LogP contribution >= 0.6 is 0 Å². The molecule has 4 saturated carbocycles. The maximum absolute atomic E-state index is 11.8. The summed E-state index contributed by atoms with van der Waals surface area (Å²) in [5.41, 5.74) is 0.623. The number of carbonyl (C=O) groups is 1. The Morgan fingerprint density at radius 1 is 1.03 bits per heavy atom.